The number of rotatable bonds is 3. The molecule has 0 spiro atoms. The minimum atomic E-state index is -0.228. The number of hydrogen-bond acceptors (Lipinski definition) is 5. The molecule has 0 fully saturated rings. The number of carbonyl (C=O) groups excluding carboxylic acids is 1. The van der Waals surface area contributed by atoms with Crippen molar-refractivity contribution in [1.82, 2.24) is 30.4 Å². The minimum Gasteiger partial charge on any atom is -0.308 e. The summed E-state index contributed by atoms with van der Waals surface area (Å²) in [5.74, 6) is 0.271. The molecule has 0 saturated carbocycles. The predicted octanol–water partition coefficient (Wildman–Crippen LogP) is 0.332. The maximum atomic E-state index is 11.7. The van der Waals surface area contributed by atoms with Gasteiger partial charge in [-0.25, -0.2) is 4.68 Å². The van der Waals surface area contributed by atoms with E-state index in [0.717, 1.165) is 5.69 Å². The van der Waals surface area contributed by atoms with E-state index in [1.165, 1.54) is 11.0 Å². The molecule has 0 aromatic carbocycles. The molecule has 2 N–H and O–H groups in total. The third-order valence-corrected chi connectivity index (χ3v) is 2.35. The molecule has 18 heavy (non-hydrogen) atoms. The van der Waals surface area contributed by atoms with Crippen LogP contribution in [-0.2, 0) is 16.8 Å². The number of hydrogen-bond donors (Lipinski definition) is 2. The molecule has 2 aromatic rings. The van der Waals surface area contributed by atoms with E-state index in [1.807, 2.05) is 6.07 Å². The number of carbonyl (C=O) groups is 1. The van der Waals surface area contributed by atoms with Gasteiger partial charge in [-0.3, -0.25) is 9.89 Å². The Balaban J connectivity index is 1.97. The van der Waals surface area contributed by atoms with Gasteiger partial charge < -0.3 is 5.32 Å². The summed E-state index contributed by atoms with van der Waals surface area (Å²) in [5, 5.41) is 20.1. The van der Waals surface area contributed by atoms with Crippen LogP contribution in [-0.4, -0.2) is 36.3 Å². The maximum Gasteiger partial charge on any atom is 0.247 e. The van der Waals surface area contributed by atoms with Crippen molar-refractivity contribution in [2.45, 2.75) is 32.7 Å². The van der Waals surface area contributed by atoms with Crippen molar-refractivity contribution < 1.29 is 4.79 Å². The molecule has 0 aliphatic rings. The van der Waals surface area contributed by atoms with Crippen LogP contribution in [0.15, 0.2) is 12.4 Å². The zero-order valence-electron chi connectivity index (χ0n) is 10.5. The second-order valence-corrected chi connectivity index (χ2v) is 4.97. The highest BCUT2D eigenvalue weighted by Gasteiger charge is 2.17. The van der Waals surface area contributed by atoms with E-state index in [0.29, 0.717) is 5.82 Å². The normalized spacial score (nSPS) is 11.5. The molecule has 0 unspecified atom stereocenters. The van der Waals surface area contributed by atoms with Gasteiger partial charge in [-0.15, -0.1) is 5.10 Å². The van der Waals surface area contributed by atoms with Gasteiger partial charge >= 0.3 is 0 Å². The minimum absolute atomic E-state index is 0.0359. The lowest BCUT2D eigenvalue weighted by Crippen LogP contribution is -2.19. The molecular weight excluding hydrogens is 234 g/mol. The molecule has 0 atom stereocenters. The van der Waals surface area contributed by atoms with Gasteiger partial charge in [0.2, 0.25) is 5.91 Å². The number of nitrogens with zero attached hydrogens (tertiary/aromatic N) is 5. The second kappa shape index (κ2) is 4.55. The monoisotopic (exact) mass is 249 g/mol. The summed E-state index contributed by atoms with van der Waals surface area (Å²) in [5.41, 5.74) is 0.923. The largest absolute Gasteiger partial charge is 0.308 e. The van der Waals surface area contributed by atoms with Crippen LogP contribution in [0.1, 0.15) is 26.5 Å². The van der Waals surface area contributed by atoms with E-state index in [1.54, 1.807) is 0 Å². The van der Waals surface area contributed by atoms with E-state index in [9.17, 15) is 4.79 Å². The van der Waals surface area contributed by atoms with Crippen molar-refractivity contribution >= 4 is 11.7 Å². The summed E-state index contributed by atoms with van der Waals surface area (Å²) in [4.78, 5) is 11.7. The third kappa shape index (κ3) is 2.90. The van der Waals surface area contributed by atoms with E-state index in [4.69, 9.17) is 0 Å². The molecular formula is C10H15N7O. The fourth-order valence-corrected chi connectivity index (χ4v) is 1.35. The quantitative estimate of drug-likeness (QED) is 0.816. The molecule has 8 nitrogen and oxygen atoms in total. The van der Waals surface area contributed by atoms with Crippen LogP contribution in [0.3, 0.4) is 0 Å². The SMILES string of the molecule is CC(C)(C)c1cc(NC(=O)Cn2cnnn2)n[nH]1. The number of aromatic nitrogens is 6. The third-order valence-electron chi connectivity index (χ3n) is 2.35. The standard InChI is InChI=1S/C10H15N7O/c1-10(2,3)7-4-8(14-13-7)12-9(18)5-17-6-11-15-16-17/h4,6H,5H2,1-3H3,(H2,12,13,14,18). The Morgan fingerprint density at radius 2 is 2.28 bits per heavy atom. The van der Waals surface area contributed by atoms with Crippen molar-refractivity contribution in [3.05, 3.63) is 18.1 Å². The van der Waals surface area contributed by atoms with Crippen LogP contribution >= 0.6 is 0 Å². The molecule has 0 aliphatic carbocycles. The average Bonchev–Trinajstić information content (AvgIpc) is 2.87. The van der Waals surface area contributed by atoms with Crippen molar-refractivity contribution in [2.24, 2.45) is 0 Å². The Bertz CT molecular complexity index is 523. The summed E-state index contributed by atoms with van der Waals surface area (Å²) in [6, 6.07) is 1.82. The van der Waals surface area contributed by atoms with Gasteiger partial charge in [0.05, 0.1) is 0 Å². The van der Waals surface area contributed by atoms with E-state index in [2.05, 4.69) is 51.8 Å². The molecule has 2 rings (SSSR count). The number of anilines is 1. The zero-order chi connectivity index (χ0) is 13.2. The second-order valence-electron chi connectivity index (χ2n) is 4.97. The smallest absolute Gasteiger partial charge is 0.247 e. The Hall–Kier alpha value is -2.25. The molecule has 2 heterocycles. The lowest BCUT2D eigenvalue weighted by Gasteiger charge is -2.14. The highest BCUT2D eigenvalue weighted by molar-refractivity contribution is 5.89. The Morgan fingerprint density at radius 1 is 1.50 bits per heavy atom. The summed E-state index contributed by atoms with van der Waals surface area (Å²) >= 11 is 0. The van der Waals surface area contributed by atoms with Crippen LogP contribution in [0.2, 0.25) is 0 Å². The first kappa shape index (κ1) is 12.2. The van der Waals surface area contributed by atoms with Gasteiger partial charge in [0, 0.05) is 17.2 Å². The van der Waals surface area contributed by atoms with Gasteiger partial charge in [-0.05, 0) is 10.4 Å². The van der Waals surface area contributed by atoms with E-state index < -0.39 is 0 Å². The Kier molecular flexibility index (Phi) is 3.09. The fraction of sp³-hybridized carbons (Fsp3) is 0.500. The van der Waals surface area contributed by atoms with Crippen LogP contribution in [0, 0.1) is 0 Å². The molecule has 0 saturated heterocycles. The Morgan fingerprint density at radius 3 is 2.83 bits per heavy atom. The summed E-state index contributed by atoms with van der Waals surface area (Å²) < 4.78 is 1.34. The van der Waals surface area contributed by atoms with Gasteiger partial charge in [0.15, 0.2) is 5.82 Å². The topological polar surface area (TPSA) is 101 Å². The first-order valence-electron chi connectivity index (χ1n) is 5.51. The maximum absolute atomic E-state index is 11.7. The first-order valence-corrected chi connectivity index (χ1v) is 5.51. The van der Waals surface area contributed by atoms with Gasteiger partial charge in [-0.2, -0.15) is 5.10 Å². The van der Waals surface area contributed by atoms with Crippen LogP contribution in [0.5, 0.6) is 0 Å². The fourth-order valence-electron chi connectivity index (χ4n) is 1.35. The highest BCUT2D eigenvalue weighted by atomic mass is 16.2. The first-order chi connectivity index (χ1) is 8.45. The molecule has 8 heteroatoms. The number of tetrazole rings is 1. The molecule has 0 bridgehead atoms. The summed E-state index contributed by atoms with van der Waals surface area (Å²) in [7, 11) is 0. The van der Waals surface area contributed by atoms with Crippen LogP contribution < -0.4 is 5.32 Å². The Labute approximate surface area is 104 Å². The average molecular weight is 249 g/mol. The van der Waals surface area contributed by atoms with Gasteiger partial charge in [-0.1, -0.05) is 20.8 Å². The van der Waals surface area contributed by atoms with Crippen molar-refractivity contribution in [1.29, 1.82) is 0 Å². The summed E-state index contributed by atoms with van der Waals surface area (Å²) in [6.45, 7) is 6.25. The lowest BCUT2D eigenvalue weighted by molar-refractivity contribution is -0.116. The van der Waals surface area contributed by atoms with Crippen molar-refractivity contribution in [3.8, 4) is 0 Å². The van der Waals surface area contributed by atoms with E-state index >= 15 is 0 Å². The lowest BCUT2D eigenvalue weighted by atomic mass is 9.92. The number of nitrogens with one attached hydrogen (secondary N) is 2. The predicted molar refractivity (Wildman–Crippen MR) is 63.7 cm³/mol. The van der Waals surface area contributed by atoms with Gasteiger partial charge in [0.1, 0.15) is 12.9 Å². The number of aromatic amines is 1. The van der Waals surface area contributed by atoms with Crippen LogP contribution in [0.25, 0.3) is 0 Å². The molecule has 0 radical (unpaired) electrons. The number of amides is 1. The van der Waals surface area contributed by atoms with Crippen LogP contribution in [0.4, 0.5) is 5.82 Å². The molecule has 1 amide bonds. The molecule has 2 aromatic heterocycles. The molecule has 96 valence electrons. The van der Waals surface area contributed by atoms with Gasteiger partial charge in [0.25, 0.3) is 0 Å². The van der Waals surface area contributed by atoms with E-state index in [-0.39, 0.29) is 17.9 Å². The molecule has 0 aliphatic heterocycles. The highest BCUT2D eigenvalue weighted by Crippen LogP contribution is 2.21. The zero-order valence-corrected chi connectivity index (χ0v) is 10.5. The number of H-pyrrole nitrogens is 1. The van der Waals surface area contributed by atoms with Crippen molar-refractivity contribution in [2.75, 3.05) is 5.32 Å². The summed E-state index contributed by atoms with van der Waals surface area (Å²) in [6.07, 6.45) is 1.38. The van der Waals surface area contributed by atoms with Crippen molar-refractivity contribution in [3.63, 3.8) is 0 Å².